The second-order valence-corrected chi connectivity index (χ2v) is 4.74. The Morgan fingerprint density at radius 3 is 2.71 bits per heavy atom. The third kappa shape index (κ3) is 3.22. The lowest BCUT2D eigenvalue weighted by atomic mass is 10.1. The van der Waals surface area contributed by atoms with Gasteiger partial charge in [0.05, 0.1) is 10.5 Å². The maximum absolute atomic E-state index is 13.6. The quantitative estimate of drug-likeness (QED) is 0.668. The fourth-order valence-electron chi connectivity index (χ4n) is 1.68. The monoisotopic (exact) mass is 292 g/mol. The molecule has 2 aromatic rings. The van der Waals surface area contributed by atoms with E-state index in [4.69, 9.17) is 0 Å². The number of nitro benzene ring substituents is 1. The third-order valence-corrected chi connectivity index (χ3v) is 2.87. The van der Waals surface area contributed by atoms with Crippen LogP contribution in [-0.4, -0.2) is 21.0 Å². The second-order valence-electron chi connectivity index (χ2n) is 4.74. The van der Waals surface area contributed by atoms with Crippen LogP contribution >= 0.6 is 0 Å². The van der Waals surface area contributed by atoms with Gasteiger partial charge in [-0.3, -0.25) is 20.0 Å². The number of nitro groups is 1. The van der Waals surface area contributed by atoms with Crippen LogP contribution in [0.1, 0.15) is 35.8 Å². The SMILES string of the molecule is CC(C)c1cc(NC(=O)c2cc([N+](=O)[O-])ccc2F)n[nH]1. The standard InChI is InChI=1S/C13H13FN4O3/c1-7(2)11-6-12(17-16-11)15-13(19)9-5-8(18(20)21)3-4-10(9)14/h3-7H,1-2H3,(H2,15,16,17,19). The number of carbonyl (C=O) groups is 1. The first-order valence-corrected chi connectivity index (χ1v) is 6.19. The van der Waals surface area contributed by atoms with E-state index in [2.05, 4.69) is 15.5 Å². The van der Waals surface area contributed by atoms with Crippen LogP contribution in [0.4, 0.5) is 15.9 Å². The molecule has 21 heavy (non-hydrogen) atoms. The Kier molecular flexibility index (Phi) is 3.97. The number of non-ortho nitro benzene ring substituents is 1. The van der Waals surface area contributed by atoms with Gasteiger partial charge in [-0.1, -0.05) is 13.8 Å². The lowest BCUT2D eigenvalue weighted by Gasteiger charge is -2.03. The van der Waals surface area contributed by atoms with Crippen molar-refractivity contribution >= 4 is 17.4 Å². The minimum Gasteiger partial charge on any atom is -0.305 e. The molecule has 1 heterocycles. The molecule has 2 rings (SSSR count). The maximum Gasteiger partial charge on any atom is 0.270 e. The largest absolute Gasteiger partial charge is 0.305 e. The average Bonchev–Trinajstić information content (AvgIpc) is 2.87. The molecule has 0 aliphatic rings. The van der Waals surface area contributed by atoms with Gasteiger partial charge in [-0.25, -0.2) is 4.39 Å². The van der Waals surface area contributed by atoms with Crippen molar-refractivity contribution in [1.82, 2.24) is 10.2 Å². The first-order valence-electron chi connectivity index (χ1n) is 6.19. The van der Waals surface area contributed by atoms with Gasteiger partial charge in [0.2, 0.25) is 0 Å². The Balaban J connectivity index is 2.23. The highest BCUT2D eigenvalue weighted by Crippen LogP contribution is 2.19. The fraction of sp³-hybridized carbons (Fsp3) is 0.231. The van der Waals surface area contributed by atoms with Crippen molar-refractivity contribution in [3.63, 3.8) is 0 Å². The van der Waals surface area contributed by atoms with Gasteiger partial charge < -0.3 is 5.32 Å². The number of hydrogen-bond acceptors (Lipinski definition) is 4. The van der Waals surface area contributed by atoms with Gasteiger partial charge in [0.1, 0.15) is 5.82 Å². The molecule has 0 aliphatic heterocycles. The van der Waals surface area contributed by atoms with Gasteiger partial charge in [0.25, 0.3) is 11.6 Å². The van der Waals surface area contributed by atoms with E-state index in [1.807, 2.05) is 13.8 Å². The molecule has 0 saturated heterocycles. The fourth-order valence-corrected chi connectivity index (χ4v) is 1.68. The van der Waals surface area contributed by atoms with Crippen molar-refractivity contribution in [2.24, 2.45) is 0 Å². The number of carbonyl (C=O) groups excluding carboxylic acids is 1. The summed E-state index contributed by atoms with van der Waals surface area (Å²) in [6.07, 6.45) is 0. The Morgan fingerprint density at radius 1 is 1.43 bits per heavy atom. The molecule has 0 saturated carbocycles. The van der Waals surface area contributed by atoms with E-state index in [1.165, 1.54) is 0 Å². The Morgan fingerprint density at radius 2 is 2.14 bits per heavy atom. The van der Waals surface area contributed by atoms with E-state index < -0.39 is 22.2 Å². The first-order chi connectivity index (χ1) is 9.88. The molecule has 0 bridgehead atoms. The lowest BCUT2D eigenvalue weighted by Crippen LogP contribution is -2.14. The number of nitrogens with zero attached hydrogens (tertiary/aromatic N) is 2. The number of benzene rings is 1. The van der Waals surface area contributed by atoms with Gasteiger partial charge >= 0.3 is 0 Å². The summed E-state index contributed by atoms with van der Waals surface area (Å²) in [4.78, 5) is 21.9. The van der Waals surface area contributed by atoms with E-state index in [0.717, 1.165) is 23.9 Å². The molecule has 7 nitrogen and oxygen atoms in total. The van der Waals surface area contributed by atoms with Crippen LogP contribution in [0.3, 0.4) is 0 Å². The number of aromatic nitrogens is 2. The van der Waals surface area contributed by atoms with Crippen molar-refractivity contribution in [3.05, 3.63) is 51.5 Å². The van der Waals surface area contributed by atoms with Crippen LogP contribution in [0.2, 0.25) is 0 Å². The highest BCUT2D eigenvalue weighted by Gasteiger charge is 2.18. The summed E-state index contributed by atoms with van der Waals surface area (Å²) in [5, 5.41) is 19.7. The number of amides is 1. The molecular weight excluding hydrogens is 279 g/mol. The summed E-state index contributed by atoms with van der Waals surface area (Å²) in [5.74, 6) is -1.21. The zero-order valence-electron chi connectivity index (χ0n) is 11.4. The summed E-state index contributed by atoms with van der Waals surface area (Å²) in [5.41, 5.74) is 0.0505. The highest BCUT2D eigenvalue weighted by atomic mass is 19.1. The van der Waals surface area contributed by atoms with Crippen LogP contribution in [0.5, 0.6) is 0 Å². The van der Waals surface area contributed by atoms with E-state index in [0.29, 0.717) is 0 Å². The Hall–Kier alpha value is -2.77. The Labute approximate surface area is 119 Å². The number of rotatable bonds is 4. The van der Waals surface area contributed by atoms with E-state index in [9.17, 15) is 19.3 Å². The first kappa shape index (κ1) is 14.6. The van der Waals surface area contributed by atoms with Gasteiger partial charge in [-0.2, -0.15) is 5.10 Å². The summed E-state index contributed by atoms with van der Waals surface area (Å²) in [6.45, 7) is 3.89. The number of hydrogen-bond donors (Lipinski definition) is 2. The Bertz CT molecular complexity index is 696. The normalized spacial score (nSPS) is 10.7. The van der Waals surface area contributed by atoms with Crippen LogP contribution in [-0.2, 0) is 0 Å². The smallest absolute Gasteiger partial charge is 0.270 e. The zero-order valence-corrected chi connectivity index (χ0v) is 11.4. The van der Waals surface area contributed by atoms with E-state index in [1.54, 1.807) is 6.07 Å². The molecule has 0 unspecified atom stereocenters. The van der Waals surface area contributed by atoms with Crippen molar-refractivity contribution in [1.29, 1.82) is 0 Å². The second kappa shape index (κ2) is 5.70. The molecule has 1 aromatic carbocycles. The van der Waals surface area contributed by atoms with Crippen molar-refractivity contribution < 1.29 is 14.1 Å². The zero-order chi connectivity index (χ0) is 15.6. The highest BCUT2D eigenvalue weighted by molar-refractivity contribution is 6.04. The van der Waals surface area contributed by atoms with E-state index in [-0.39, 0.29) is 17.4 Å². The average molecular weight is 292 g/mol. The molecule has 110 valence electrons. The predicted molar refractivity (Wildman–Crippen MR) is 73.7 cm³/mol. The van der Waals surface area contributed by atoms with Crippen molar-refractivity contribution in [2.45, 2.75) is 19.8 Å². The molecule has 1 amide bonds. The minimum absolute atomic E-state index is 0.192. The number of halogens is 1. The van der Waals surface area contributed by atoms with Gasteiger partial charge in [-0.05, 0) is 12.0 Å². The molecule has 0 radical (unpaired) electrons. The van der Waals surface area contributed by atoms with Crippen LogP contribution in [0, 0.1) is 15.9 Å². The molecule has 0 spiro atoms. The number of aromatic amines is 1. The van der Waals surface area contributed by atoms with Crippen molar-refractivity contribution in [3.8, 4) is 0 Å². The van der Waals surface area contributed by atoms with Crippen LogP contribution < -0.4 is 5.32 Å². The van der Waals surface area contributed by atoms with Gasteiger partial charge in [0, 0.05) is 23.9 Å². The molecule has 0 fully saturated rings. The molecule has 2 N–H and O–H groups in total. The van der Waals surface area contributed by atoms with Crippen LogP contribution in [0.15, 0.2) is 24.3 Å². The lowest BCUT2D eigenvalue weighted by molar-refractivity contribution is -0.384. The predicted octanol–water partition coefficient (Wildman–Crippen LogP) is 2.83. The molecule has 0 atom stereocenters. The topological polar surface area (TPSA) is 101 Å². The van der Waals surface area contributed by atoms with Gasteiger partial charge in [-0.15, -0.1) is 0 Å². The summed E-state index contributed by atoms with van der Waals surface area (Å²) in [7, 11) is 0. The molecule has 8 heteroatoms. The van der Waals surface area contributed by atoms with Gasteiger partial charge in [0.15, 0.2) is 5.82 Å². The number of nitrogens with one attached hydrogen (secondary N) is 2. The third-order valence-electron chi connectivity index (χ3n) is 2.87. The summed E-state index contributed by atoms with van der Waals surface area (Å²) in [6, 6.07) is 4.40. The number of H-pyrrole nitrogens is 1. The van der Waals surface area contributed by atoms with Crippen molar-refractivity contribution in [2.75, 3.05) is 5.32 Å². The number of anilines is 1. The summed E-state index contributed by atoms with van der Waals surface area (Å²) < 4.78 is 13.6. The van der Waals surface area contributed by atoms with E-state index >= 15 is 0 Å². The molecular formula is C13H13FN4O3. The molecule has 0 aliphatic carbocycles. The van der Waals surface area contributed by atoms with Crippen LogP contribution in [0.25, 0.3) is 0 Å². The maximum atomic E-state index is 13.6. The summed E-state index contributed by atoms with van der Waals surface area (Å²) >= 11 is 0. The molecule has 1 aromatic heterocycles. The minimum atomic E-state index is -0.835.